The van der Waals surface area contributed by atoms with Gasteiger partial charge in [-0.3, -0.25) is 0 Å². The minimum absolute atomic E-state index is 0.0840. The van der Waals surface area contributed by atoms with Gasteiger partial charge in [-0.15, -0.1) is 11.6 Å². The predicted octanol–water partition coefficient (Wildman–Crippen LogP) is 4.55. The third-order valence-electron chi connectivity index (χ3n) is 1.49. The SMILES string of the molecule is FC(F)Oc1ccc(CCl)c(Br)c1Br. The lowest BCUT2D eigenvalue weighted by Gasteiger charge is -2.10. The molecule has 0 amide bonds. The first-order valence-corrected chi connectivity index (χ1v) is 5.66. The van der Waals surface area contributed by atoms with Crippen molar-refractivity contribution in [2.45, 2.75) is 12.5 Å². The first-order valence-electron chi connectivity index (χ1n) is 3.54. The molecule has 1 aromatic carbocycles. The van der Waals surface area contributed by atoms with E-state index in [4.69, 9.17) is 11.6 Å². The molecule has 0 atom stereocenters. The fraction of sp³-hybridized carbons (Fsp3) is 0.250. The number of benzene rings is 1. The molecule has 1 nitrogen and oxygen atoms in total. The molecule has 1 aromatic rings. The molecule has 0 unspecified atom stereocenters. The summed E-state index contributed by atoms with van der Waals surface area (Å²) in [5.41, 5.74) is 0.806. The second-order valence-electron chi connectivity index (χ2n) is 2.36. The molecule has 0 saturated carbocycles. The largest absolute Gasteiger partial charge is 0.434 e. The maximum absolute atomic E-state index is 11.9. The van der Waals surface area contributed by atoms with Crippen LogP contribution in [0.1, 0.15) is 5.56 Å². The topological polar surface area (TPSA) is 9.23 Å². The number of alkyl halides is 3. The Morgan fingerprint density at radius 2 is 1.93 bits per heavy atom. The minimum atomic E-state index is -2.83. The van der Waals surface area contributed by atoms with Crippen LogP contribution in [0, 0.1) is 0 Å². The summed E-state index contributed by atoms with van der Waals surface area (Å²) in [4.78, 5) is 0. The van der Waals surface area contributed by atoms with Crippen molar-refractivity contribution in [1.82, 2.24) is 0 Å². The van der Waals surface area contributed by atoms with Gasteiger partial charge in [0, 0.05) is 10.4 Å². The first kappa shape index (κ1) is 12.2. The van der Waals surface area contributed by atoms with Crippen LogP contribution in [0.25, 0.3) is 0 Å². The van der Waals surface area contributed by atoms with E-state index in [-0.39, 0.29) is 5.75 Å². The van der Waals surface area contributed by atoms with E-state index in [9.17, 15) is 8.78 Å². The second kappa shape index (κ2) is 5.28. The summed E-state index contributed by atoms with van der Waals surface area (Å²) in [5, 5.41) is 0. The van der Waals surface area contributed by atoms with E-state index in [1.54, 1.807) is 6.07 Å². The highest BCUT2D eigenvalue weighted by molar-refractivity contribution is 9.13. The van der Waals surface area contributed by atoms with Crippen molar-refractivity contribution in [3.05, 3.63) is 26.6 Å². The standard InChI is InChI=1S/C8H5Br2ClF2O/c9-6-4(3-11)1-2-5(7(6)10)14-8(12)13/h1-2,8H,3H2. The van der Waals surface area contributed by atoms with Crippen molar-refractivity contribution < 1.29 is 13.5 Å². The van der Waals surface area contributed by atoms with Crippen LogP contribution in [-0.2, 0) is 5.88 Å². The molecule has 78 valence electrons. The van der Waals surface area contributed by atoms with E-state index in [1.165, 1.54) is 6.07 Å². The van der Waals surface area contributed by atoms with Crippen molar-refractivity contribution in [2.75, 3.05) is 0 Å². The smallest absolute Gasteiger partial charge is 0.387 e. The molecule has 0 aliphatic rings. The Morgan fingerprint density at radius 3 is 2.43 bits per heavy atom. The summed E-state index contributed by atoms with van der Waals surface area (Å²) in [5.74, 6) is 0.384. The zero-order valence-corrected chi connectivity index (χ0v) is 10.7. The Kier molecular flexibility index (Phi) is 4.60. The fourth-order valence-electron chi connectivity index (χ4n) is 0.862. The van der Waals surface area contributed by atoms with E-state index in [0.29, 0.717) is 14.8 Å². The highest BCUT2D eigenvalue weighted by atomic mass is 79.9. The zero-order valence-electron chi connectivity index (χ0n) is 6.74. The Bertz CT molecular complexity index is 333. The molecule has 0 N–H and O–H groups in total. The van der Waals surface area contributed by atoms with Crippen LogP contribution in [0.5, 0.6) is 5.75 Å². The average Bonchev–Trinajstić information content (AvgIpc) is 2.13. The maximum Gasteiger partial charge on any atom is 0.387 e. The molecule has 0 aromatic heterocycles. The van der Waals surface area contributed by atoms with Gasteiger partial charge in [-0.1, -0.05) is 6.07 Å². The van der Waals surface area contributed by atoms with Gasteiger partial charge in [-0.05, 0) is 43.5 Å². The summed E-state index contributed by atoms with van der Waals surface area (Å²) in [6.45, 7) is -2.83. The molecule has 0 saturated heterocycles. The van der Waals surface area contributed by atoms with Crippen molar-refractivity contribution in [2.24, 2.45) is 0 Å². The molecule has 0 bridgehead atoms. The van der Waals surface area contributed by atoms with Crippen molar-refractivity contribution >= 4 is 43.5 Å². The highest BCUT2D eigenvalue weighted by Crippen LogP contribution is 2.36. The number of hydrogen-bond donors (Lipinski definition) is 0. The number of hydrogen-bond acceptors (Lipinski definition) is 1. The van der Waals surface area contributed by atoms with Gasteiger partial charge in [0.25, 0.3) is 0 Å². The van der Waals surface area contributed by atoms with Crippen LogP contribution in [0.2, 0.25) is 0 Å². The van der Waals surface area contributed by atoms with Gasteiger partial charge >= 0.3 is 6.61 Å². The van der Waals surface area contributed by atoms with Gasteiger partial charge in [-0.25, -0.2) is 0 Å². The van der Waals surface area contributed by atoms with Crippen LogP contribution in [0.3, 0.4) is 0 Å². The van der Waals surface area contributed by atoms with Crippen molar-refractivity contribution in [3.8, 4) is 5.75 Å². The van der Waals surface area contributed by atoms with E-state index in [1.807, 2.05) is 0 Å². The molecule has 14 heavy (non-hydrogen) atoms. The van der Waals surface area contributed by atoms with Crippen molar-refractivity contribution in [3.63, 3.8) is 0 Å². The van der Waals surface area contributed by atoms with Crippen LogP contribution < -0.4 is 4.74 Å². The molecule has 1 rings (SSSR count). The molecule has 0 fully saturated rings. The Hall–Kier alpha value is 0.130. The molecule has 0 heterocycles. The molecule has 0 radical (unpaired) electrons. The van der Waals surface area contributed by atoms with Gasteiger partial charge in [0.05, 0.1) is 4.47 Å². The van der Waals surface area contributed by atoms with E-state index in [0.717, 1.165) is 5.56 Å². The lowest BCUT2D eigenvalue weighted by Crippen LogP contribution is -2.03. The summed E-state index contributed by atoms with van der Waals surface area (Å²) < 4.78 is 29.2. The number of rotatable bonds is 3. The van der Waals surface area contributed by atoms with E-state index >= 15 is 0 Å². The van der Waals surface area contributed by atoms with Gasteiger partial charge in [0.2, 0.25) is 0 Å². The maximum atomic E-state index is 11.9. The molecule has 0 aliphatic carbocycles. The Balaban J connectivity index is 3.04. The zero-order chi connectivity index (χ0) is 10.7. The summed E-state index contributed by atoms with van der Waals surface area (Å²) in [7, 11) is 0. The monoisotopic (exact) mass is 348 g/mol. The van der Waals surface area contributed by atoms with Gasteiger partial charge in [0.15, 0.2) is 0 Å². The van der Waals surface area contributed by atoms with Crippen LogP contribution in [-0.4, -0.2) is 6.61 Å². The molecule has 6 heteroatoms. The van der Waals surface area contributed by atoms with Crippen LogP contribution in [0.15, 0.2) is 21.1 Å². The summed E-state index contributed by atoms with van der Waals surface area (Å²) in [6.07, 6.45) is 0. The second-order valence-corrected chi connectivity index (χ2v) is 4.22. The average molecular weight is 350 g/mol. The third kappa shape index (κ3) is 2.81. The van der Waals surface area contributed by atoms with E-state index in [2.05, 4.69) is 36.6 Å². The van der Waals surface area contributed by atoms with Crippen LogP contribution in [0.4, 0.5) is 8.78 Å². The Labute approximate surface area is 102 Å². The Morgan fingerprint density at radius 1 is 1.29 bits per heavy atom. The van der Waals surface area contributed by atoms with Crippen LogP contribution >= 0.6 is 43.5 Å². The minimum Gasteiger partial charge on any atom is -0.434 e. The normalized spacial score (nSPS) is 10.7. The van der Waals surface area contributed by atoms with Gasteiger partial charge in [-0.2, -0.15) is 8.78 Å². The number of halogens is 5. The molecule has 0 aliphatic heterocycles. The highest BCUT2D eigenvalue weighted by Gasteiger charge is 2.12. The number of ether oxygens (including phenoxy) is 1. The quantitative estimate of drug-likeness (QED) is 0.727. The first-order chi connectivity index (χ1) is 6.56. The van der Waals surface area contributed by atoms with Gasteiger partial charge in [0.1, 0.15) is 5.75 Å². The van der Waals surface area contributed by atoms with Gasteiger partial charge < -0.3 is 4.74 Å². The third-order valence-corrected chi connectivity index (χ3v) is 4.00. The van der Waals surface area contributed by atoms with E-state index < -0.39 is 6.61 Å². The molecule has 0 spiro atoms. The summed E-state index contributed by atoms with van der Waals surface area (Å²) >= 11 is 12.0. The lowest BCUT2D eigenvalue weighted by molar-refractivity contribution is -0.0504. The fourth-order valence-corrected chi connectivity index (χ4v) is 2.19. The lowest BCUT2D eigenvalue weighted by atomic mass is 10.2. The molecular weight excluding hydrogens is 345 g/mol. The summed E-state index contributed by atoms with van der Waals surface area (Å²) in [6, 6.07) is 3.07. The molecular formula is C8H5Br2ClF2O. The predicted molar refractivity (Wildman–Crippen MR) is 58.0 cm³/mol. The van der Waals surface area contributed by atoms with Crippen molar-refractivity contribution in [1.29, 1.82) is 0 Å².